The van der Waals surface area contributed by atoms with Crippen LogP contribution < -0.4 is 0 Å². The molecule has 0 fully saturated rings. The summed E-state index contributed by atoms with van der Waals surface area (Å²) in [6, 6.07) is 11.9. The molecule has 3 heterocycles. The van der Waals surface area contributed by atoms with Crippen LogP contribution in [0, 0.1) is 6.92 Å². The first-order chi connectivity index (χ1) is 12.0. The van der Waals surface area contributed by atoms with Crippen LogP contribution in [0.3, 0.4) is 0 Å². The fourth-order valence-electron chi connectivity index (χ4n) is 3.14. The van der Waals surface area contributed by atoms with Crippen molar-refractivity contribution in [2.24, 2.45) is 5.10 Å². The third-order valence-electron chi connectivity index (χ3n) is 4.35. The van der Waals surface area contributed by atoms with Gasteiger partial charge in [0.05, 0.1) is 22.1 Å². The molecule has 0 N–H and O–H groups in total. The maximum atomic E-state index is 12.1. The van der Waals surface area contributed by atoms with Crippen molar-refractivity contribution in [2.45, 2.75) is 26.3 Å². The number of carbonyl (C=O) groups excluding carboxylic acids is 1. The summed E-state index contributed by atoms with van der Waals surface area (Å²) in [7, 11) is 0. The third-order valence-corrected chi connectivity index (χ3v) is 5.57. The van der Waals surface area contributed by atoms with E-state index in [-0.39, 0.29) is 11.9 Å². The molecule has 2 aromatic heterocycles. The highest BCUT2D eigenvalue weighted by Crippen LogP contribution is 2.37. The number of aromatic nitrogens is 1. The topological polar surface area (TPSA) is 45.6 Å². The lowest BCUT2D eigenvalue weighted by Gasteiger charge is -2.21. The number of carbonyl (C=O) groups is 1. The lowest BCUT2D eigenvalue weighted by molar-refractivity contribution is -0.130. The van der Waals surface area contributed by atoms with E-state index in [9.17, 15) is 4.79 Å². The van der Waals surface area contributed by atoms with E-state index >= 15 is 0 Å². The molecule has 0 saturated heterocycles. The van der Waals surface area contributed by atoms with Crippen molar-refractivity contribution in [1.82, 2.24) is 9.99 Å². The maximum absolute atomic E-state index is 12.1. The first-order valence-electron chi connectivity index (χ1n) is 8.01. The molecule has 0 bridgehead atoms. The molecule has 1 amide bonds. The van der Waals surface area contributed by atoms with Crippen LogP contribution in [0.5, 0.6) is 0 Å². The summed E-state index contributed by atoms with van der Waals surface area (Å²) in [5.41, 5.74) is 3.75. The minimum atomic E-state index is -0.222. The highest BCUT2D eigenvalue weighted by atomic mass is 35.5. The van der Waals surface area contributed by atoms with Gasteiger partial charge in [0.1, 0.15) is 5.15 Å². The molecule has 1 aliphatic heterocycles. The summed E-state index contributed by atoms with van der Waals surface area (Å²) in [4.78, 5) is 17.7. The van der Waals surface area contributed by atoms with Crippen LogP contribution in [0.2, 0.25) is 5.15 Å². The number of hydrogen-bond donors (Lipinski definition) is 0. The van der Waals surface area contributed by atoms with Crippen molar-refractivity contribution in [3.05, 3.63) is 62.9 Å². The summed E-state index contributed by atoms with van der Waals surface area (Å²) in [6.07, 6.45) is 0.638. The number of rotatable bonds is 2. The van der Waals surface area contributed by atoms with Gasteiger partial charge in [0.2, 0.25) is 5.91 Å². The van der Waals surface area contributed by atoms with Gasteiger partial charge >= 0.3 is 0 Å². The summed E-state index contributed by atoms with van der Waals surface area (Å²) >= 11 is 8.10. The molecule has 0 unspecified atom stereocenters. The Balaban J connectivity index is 1.78. The van der Waals surface area contributed by atoms with E-state index in [1.54, 1.807) is 11.3 Å². The molecule has 0 aliphatic carbocycles. The smallest absolute Gasteiger partial charge is 0.240 e. The van der Waals surface area contributed by atoms with Crippen molar-refractivity contribution < 1.29 is 4.79 Å². The van der Waals surface area contributed by atoms with Crippen molar-refractivity contribution in [1.29, 1.82) is 0 Å². The Morgan fingerprint density at radius 3 is 2.88 bits per heavy atom. The number of aryl methyl sites for hydroxylation is 1. The van der Waals surface area contributed by atoms with Gasteiger partial charge in [0.25, 0.3) is 0 Å². The predicted molar refractivity (Wildman–Crippen MR) is 102 cm³/mol. The Bertz CT molecular complexity index is 997. The number of halogens is 1. The second-order valence-electron chi connectivity index (χ2n) is 6.17. The van der Waals surface area contributed by atoms with Crippen LogP contribution >= 0.6 is 22.9 Å². The number of hydrogen-bond acceptors (Lipinski definition) is 4. The van der Waals surface area contributed by atoms with E-state index in [1.807, 2.05) is 48.7 Å². The zero-order valence-corrected chi connectivity index (χ0v) is 15.4. The van der Waals surface area contributed by atoms with Gasteiger partial charge in [-0.25, -0.2) is 9.99 Å². The van der Waals surface area contributed by atoms with E-state index in [2.05, 4.69) is 10.1 Å². The first-order valence-corrected chi connectivity index (χ1v) is 9.26. The Morgan fingerprint density at radius 1 is 1.32 bits per heavy atom. The molecule has 4 rings (SSSR count). The largest absolute Gasteiger partial charge is 0.273 e. The van der Waals surface area contributed by atoms with Crippen LogP contribution in [0.15, 0.2) is 46.9 Å². The van der Waals surface area contributed by atoms with Crippen LogP contribution in [-0.4, -0.2) is 21.6 Å². The van der Waals surface area contributed by atoms with Gasteiger partial charge in [-0.05, 0) is 36.1 Å². The summed E-state index contributed by atoms with van der Waals surface area (Å²) in [6.45, 7) is 3.55. The predicted octanol–water partition coefficient (Wildman–Crippen LogP) is 4.96. The Hall–Kier alpha value is -2.24. The quantitative estimate of drug-likeness (QED) is 0.599. The van der Waals surface area contributed by atoms with E-state index in [4.69, 9.17) is 11.6 Å². The number of hydrazone groups is 1. The van der Waals surface area contributed by atoms with Gasteiger partial charge in [0.15, 0.2) is 0 Å². The van der Waals surface area contributed by atoms with E-state index in [0.717, 1.165) is 32.6 Å². The first kappa shape index (κ1) is 16.2. The number of benzene rings is 1. The van der Waals surface area contributed by atoms with Gasteiger partial charge < -0.3 is 0 Å². The highest BCUT2D eigenvalue weighted by Gasteiger charge is 2.33. The molecule has 0 spiro atoms. The van der Waals surface area contributed by atoms with E-state index in [0.29, 0.717) is 11.6 Å². The number of nitrogens with zero attached hydrogens (tertiary/aromatic N) is 3. The molecule has 1 aliphatic rings. The zero-order valence-electron chi connectivity index (χ0n) is 13.9. The summed E-state index contributed by atoms with van der Waals surface area (Å²) in [5.74, 6) is -0.100. The molecule has 126 valence electrons. The van der Waals surface area contributed by atoms with Gasteiger partial charge in [-0.3, -0.25) is 4.79 Å². The maximum Gasteiger partial charge on any atom is 0.240 e. The molecule has 6 heteroatoms. The molecule has 1 atom stereocenters. The minimum absolute atomic E-state index is 0.100. The van der Waals surface area contributed by atoms with Crippen molar-refractivity contribution in [3.8, 4) is 0 Å². The average Bonchev–Trinajstić information content (AvgIpc) is 3.23. The Morgan fingerprint density at radius 2 is 2.16 bits per heavy atom. The lowest BCUT2D eigenvalue weighted by Crippen LogP contribution is -2.24. The second-order valence-corrected chi connectivity index (χ2v) is 7.48. The number of pyridine rings is 1. The number of thiophene rings is 1. The van der Waals surface area contributed by atoms with Crippen molar-refractivity contribution >= 4 is 45.5 Å². The van der Waals surface area contributed by atoms with Gasteiger partial charge in [-0.1, -0.05) is 29.8 Å². The lowest BCUT2D eigenvalue weighted by atomic mass is 10.0. The normalized spacial score (nSPS) is 17.2. The van der Waals surface area contributed by atoms with Crippen molar-refractivity contribution in [3.63, 3.8) is 0 Å². The second kappa shape index (κ2) is 6.24. The monoisotopic (exact) mass is 369 g/mol. The number of fused-ring (bicyclic) bond motifs is 1. The fraction of sp³-hybridized carbons (Fsp3) is 0.211. The molecule has 3 aromatic rings. The Labute approximate surface area is 154 Å². The minimum Gasteiger partial charge on any atom is -0.273 e. The van der Waals surface area contributed by atoms with Gasteiger partial charge in [0, 0.05) is 24.3 Å². The third kappa shape index (κ3) is 2.94. The van der Waals surface area contributed by atoms with E-state index in [1.165, 1.54) is 11.9 Å². The molecule has 1 aromatic carbocycles. The van der Waals surface area contributed by atoms with Gasteiger partial charge in [-0.15, -0.1) is 11.3 Å². The van der Waals surface area contributed by atoms with Crippen LogP contribution in [0.4, 0.5) is 0 Å². The summed E-state index contributed by atoms with van der Waals surface area (Å²) in [5, 5.41) is 9.52. The standard InChI is InChI=1S/C19H16ClN3OS/c1-11-5-6-13-9-14(19(20)21-15(13)8-11)17-10-16(18-4-3-7-25-18)22-23(17)12(2)24/h3-9,17H,10H2,1-2H3/t17-/m0/s1. The highest BCUT2D eigenvalue weighted by molar-refractivity contribution is 7.12. The van der Waals surface area contributed by atoms with Crippen LogP contribution in [0.25, 0.3) is 10.9 Å². The summed E-state index contributed by atoms with van der Waals surface area (Å²) < 4.78 is 0. The molecular formula is C19H16ClN3OS. The molecule has 25 heavy (non-hydrogen) atoms. The number of amides is 1. The average molecular weight is 370 g/mol. The molecular weight excluding hydrogens is 354 g/mol. The van der Waals surface area contributed by atoms with Crippen LogP contribution in [-0.2, 0) is 4.79 Å². The van der Waals surface area contributed by atoms with E-state index < -0.39 is 0 Å². The zero-order chi connectivity index (χ0) is 17.6. The molecule has 4 nitrogen and oxygen atoms in total. The van der Waals surface area contributed by atoms with Gasteiger partial charge in [-0.2, -0.15) is 5.10 Å². The fourth-order valence-corrected chi connectivity index (χ4v) is 4.13. The molecule has 0 radical (unpaired) electrons. The SMILES string of the molecule is CC(=O)N1N=C(c2cccs2)C[C@H]1c1cc2ccc(C)cc2nc1Cl. The van der Waals surface area contributed by atoms with Crippen molar-refractivity contribution in [2.75, 3.05) is 0 Å². The molecule has 0 saturated carbocycles. The Kier molecular flexibility index (Phi) is 4.06. The van der Waals surface area contributed by atoms with Crippen LogP contribution in [0.1, 0.15) is 35.4 Å².